The van der Waals surface area contributed by atoms with Gasteiger partial charge in [0.05, 0.1) is 0 Å². The first-order valence-electron chi connectivity index (χ1n) is 12.7. The van der Waals surface area contributed by atoms with Crippen LogP contribution in [0, 0.1) is 28.1 Å². The van der Waals surface area contributed by atoms with Crippen molar-refractivity contribution in [2.24, 2.45) is 28.1 Å². The highest BCUT2D eigenvalue weighted by Crippen LogP contribution is 2.70. The summed E-state index contributed by atoms with van der Waals surface area (Å²) in [5, 5.41) is 0. The average molecular weight is 406 g/mol. The topological polar surface area (TPSA) is 20.3 Å². The Morgan fingerprint density at radius 2 is 1.57 bits per heavy atom. The van der Waals surface area contributed by atoms with Gasteiger partial charge in [-0.2, -0.15) is 0 Å². The molecule has 2 aliphatic heterocycles. The molecule has 30 heavy (non-hydrogen) atoms. The van der Waals surface area contributed by atoms with Crippen LogP contribution in [0.5, 0.6) is 0 Å². The van der Waals surface area contributed by atoms with Gasteiger partial charge in [0.2, 0.25) is 0 Å². The van der Waals surface area contributed by atoms with Crippen molar-refractivity contribution in [3.63, 3.8) is 0 Å². The maximum Gasteiger partial charge on any atom is 0.142 e. The van der Waals surface area contributed by atoms with Gasteiger partial charge in [-0.05, 0) is 86.5 Å². The third-order valence-corrected chi connectivity index (χ3v) is 9.85. The number of ketones is 1. The second kappa shape index (κ2) is 6.67. The Morgan fingerprint density at radius 1 is 0.933 bits per heavy atom. The van der Waals surface area contributed by atoms with Crippen LogP contribution in [0.4, 0.5) is 0 Å². The number of piperidine rings is 2. The Morgan fingerprint density at radius 3 is 2.17 bits per heavy atom. The molecule has 4 unspecified atom stereocenters. The predicted octanol–water partition coefficient (Wildman–Crippen LogP) is 6.39. The van der Waals surface area contributed by atoms with Crippen molar-refractivity contribution in [2.45, 2.75) is 103 Å². The third-order valence-electron chi connectivity index (χ3n) is 9.85. The molecule has 2 nitrogen and oxygen atoms in total. The standard InChI is InChI=1S/C28H39NO/c1-26-13-21-14-27(2,17-26)19-28(15-21,18-26)25(30)22-11-23-9-6-10-24(12-22)29(23)16-20-7-4-3-5-8-20/h3-5,7-8,21-24H,6,9-19H2,1-2H3. The fourth-order valence-electron chi connectivity index (χ4n) is 9.90. The lowest BCUT2D eigenvalue weighted by atomic mass is 9.39. The van der Waals surface area contributed by atoms with Gasteiger partial charge < -0.3 is 0 Å². The summed E-state index contributed by atoms with van der Waals surface area (Å²) in [5.74, 6) is 1.86. The van der Waals surface area contributed by atoms with Crippen molar-refractivity contribution < 1.29 is 4.79 Å². The Hall–Kier alpha value is -1.15. The molecule has 0 aromatic heterocycles. The molecule has 162 valence electrons. The van der Waals surface area contributed by atoms with Crippen LogP contribution in [0.25, 0.3) is 0 Å². The second-order valence-electron chi connectivity index (χ2n) is 12.8. The first kappa shape index (κ1) is 19.5. The van der Waals surface area contributed by atoms with E-state index in [-0.39, 0.29) is 5.41 Å². The zero-order valence-electron chi connectivity index (χ0n) is 19.0. The molecule has 6 bridgehead atoms. The van der Waals surface area contributed by atoms with Gasteiger partial charge in [0.1, 0.15) is 5.78 Å². The fourth-order valence-corrected chi connectivity index (χ4v) is 9.90. The second-order valence-corrected chi connectivity index (χ2v) is 12.8. The Bertz CT molecular complexity index is 798. The zero-order valence-corrected chi connectivity index (χ0v) is 19.0. The molecule has 6 fully saturated rings. The van der Waals surface area contributed by atoms with E-state index >= 15 is 0 Å². The van der Waals surface area contributed by atoms with E-state index in [1.54, 1.807) is 0 Å². The quantitative estimate of drug-likeness (QED) is 0.579. The number of nitrogens with zero attached hydrogens (tertiary/aromatic N) is 1. The van der Waals surface area contributed by atoms with Crippen molar-refractivity contribution in [1.82, 2.24) is 4.90 Å². The summed E-state index contributed by atoms with van der Waals surface area (Å²) >= 11 is 0. The van der Waals surface area contributed by atoms with E-state index in [2.05, 4.69) is 49.1 Å². The summed E-state index contributed by atoms with van der Waals surface area (Å²) < 4.78 is 0. The molecule has 0 radical (unpaired) electrons. The summed E-state index contributed by atoms with van der Waals surface area (Å²) in [6, 6.07) is 12.2. The number of Topliss-reactive ketones (excluding diaryl/α,β-unsaturated/α-hetero) is 1. The average Bonchev–Trinajstić information content (AvgIpc) is 2.65. The smallest absolute Gasteiger partial charge is 0.142 e. The zero-order chi connectivity index (χ0) is 20.6. The number of carbonyl (C=O) groups excluding carboxylic acids is 1. The maximum absolute atomic E-state index is 14.2. The molecular weight excluding hydrogens is 366 g/mol. The summed E-state index contributed by atoms with van der Waals surface area (Å²) in [6.07, 6.45) is 13.9. The van der Waals surface area contributed by atoms with Gasteiger partial charge in [-0.3, -0.25) is 9.69 Å². The summed E-state index contributed by atoms with van der Waals surface area (Å²) in [6.45, 7) is 6.09. The number of carbonyl (C=O) groups is 1. The SMILES string of the molecule is CC12CC3CC(C)(C1)CC(C(=O)C1CC4CCCC(C1)N4Cc1ccccc1)(C3)C2. The Kier molecular flexibility index (Phi) is 4.34. The number of hydrogen-bond acceptors (Lipinski definition) is 2. The molecule has 7 rings (SSSR count). The van der Waals surface area contributed by atoms with E-state index in [9.17, 15) is 4.79 Å². The van der Waals surface area contributed by atoms with Crippen LogP contribution in [0.3, 0.4) is 0 Å². The molecular formula is C28H39NO. The molecule has 4 saturated carbocycles. The van der Waals surface area contributed by atoms with Gasteiger partial charge in [0.15, 0.2) is 0 Å². The first-order valence-corrected chi connectivity index (χ1v) is 12.7. The summed E-state index contributed by atoms with van der Waals surface area (Å²) in [4.78, 5) is 17.0. The monoisotopic (exact) mass is 405 g/mol. The molecule has 1 aromatic carbocycles. The molecule has 2 saturated heterocycles. The Balaban J connectivity index is 1.23. The van der Waals surface area contributed by atoms with E-state index in [4.69, 9.17) is 0 Å². The fraction of sp³-hybridized carbons (Fsp3) is 0.750. The van der Waals surface area contributed by atoms with Crippen LogP contribution in [-0.2, 0) is 11.3 Å². The van der Waals surface area contributed by atoms with Crippen LogP contribution < -0.4 is 0 Å². The lowest BCUT2D eigenvalue weighted by Gasteiger charge is -2.65. The summed E-state index contributed by atoms with van der Waals surface area (Å²) in [5.41, 5.74) is 2.34. The maximum atomic E-state index is 14.2. The molecule has 0 amide bonds. The van der Waals surface area contributed by atoms with Crippen LogP contribution >= 0.6 is 0 Å². The molecule has 2 heterocycles. The normalized spacial score (nSPS) is 47.4. The van der Waals surface area contributed by atoms with Gasteiger partial charge >= 0.3 is 0 Å². The highest BCUT2D eigenvalue weighted by Gasteiger charge is 2.63. The van der Waals surface area contributed by atoms with Gasteiger partial charge in [0, 0.05) is 30.0 Å². The predicted molar refractivity (Wildman–Crippen MR) is 121 cm³/mol. The highest BCUT2D eigenvalue weighted by atomic mass is 16.1. The molecule has 0 N–H and O–H groups in total. The number of fused-ring (bicyclic) bond motifs is 2. The molecule has 0 spiro atoms. The van der Waals surface area contributed by atoms with Crippen LogP contribution in [0.15, 0.2) is 30.3 Å². The van der Waals surface area contributed by atoms with Crippen molar-refractivity contribution in [1.29, 1.82) is 0 Å². The highest BCUT2D eigenvalue weighted by molar-refractivity contribution is 5.88. The van der Waals surface area contributed by atoms with Gasteiger partial charge in [0.25, 0.3) is 0 Å². The number of rotatable bonds is 4. The summed E-state index contributed by atoms with van der Waals surface area (Å²) in [7, 11) is 0. The molecule has 1 aromatic rings. The lowest BCUT2D eigenvalue weighted by molar-refractivity contribution is -0.174. The van der Waals surface area contributed by atoms with Crippen molar-refractivity contribution in [3.05, 3.63) is 35.9 Å². The largest absolute Gasteiger partial charge is 0.299 e. The number of hydrogen-bond donors (Lipinski definition) is 0. The molecule has 6 aliphatic rings. The van der Waals surface area contributed by atoms with Crippen LogP contribution in [0.2, 0.25) is 0 Å². The minimum absolute atomic E-state index is 0.0312. The van der Waals surface area contributed by atoms with Crippen molar-refractivity contribution >= 4 is 5.78 Å². The van der Waals surface area contributed by atoms with Crippen molar-refractivity contribution in [2.75, 3.05) is 0 Å². The van der Waals surface area contributed by atoms with Gasteiger partial charge in [-0.1, -0.05) is 50.6 Å². The van der Waals surface area contributed by atoms with E-state index in [1.165, 1.54) is 63.4 Å². The van der Waals surface area contributed by atoms with E-state index in [0.29, 0.717) is 34.6 Å². The Labute approximate surface area is 182 Å². The van der Waals surface area contributed by atoms with E-state index in [1.807, 2.05) is 0 Å². The van der Waals surface area contributed by atoms with Gasteiger partial charge in [-0.15, -0.1) is 0 Å². The van der Waals surface area contributed by atoms with Gasteiger partial charge in [-0.25, -0.2) is 0 Å². The van der Waals surface area contributed by atoms with Crippen molar-refractivity contribution in [3.8, 4) is 0 Å². The van der Waals surface area contributed by atoms with Crippen LogP contribution in [-0.4, -0.2) is 22.8 Å². The van der Waals surface area contributed by atoms with E-state index in [0.717, 1.165) is 25.3 Å². The number of benzene rings is 1. The molecule has 4 aliphatic carbocycles. The molecule has 2 heteroatoms. The molecule has 4 atom stereocenters. The lowest BCUT2D eigenvalue weighted by Crippen LogP contribution is -2.60. The minimum atomic E-state index is 0.0312. The minimum Gasteiger partial charge on any atom is -0.299 e. The first-order chi connectivity index (χ1) is 14.4. The third kappa shape index (κ3) is 3.12. The van der Waals surface area contributed by atoms with E-state index < -0.39 is 0 Å². The van der Waals surface area contributed by atoms with Crippen LogP contribution in [0.1, 0.15) is 90.0 Å².